The summed E-state index contributed by atoms with van der Waals surface area (Å²) >= 11 is 0. The Morgan fingerprint density at radius 2 is 2.30 bits per heavy atom. The summed E-state index contributed by atoms with van der Waals surface area (Å²) < 4.78 is 2.06. The molecule has 1 heterocycles. The van der Waals surface area contributed by atoms with Crippen molar-refractivity contribution in [2.45, 2.75) is 13.0 Å². The minimum atomic E-state index is -0.418. The summed E-state index contributed by atoms with van der Waals surface area (Å²) in [6.07, 6.45) is 5.15. The summed E-state index contributed by atoms with van der Waals surface area (Å²) in [4.78, 5) is 11.1. The highest BCUT2D eigenvalue weighted by molar-refractivity contribution is 5.99. The second kappa shape index (κ2) is 6.34. The minimum Gasteiger partial charge on any atom is -0.343 e. The van der Waals surface area contributed by atoms with Crippen LogP contribution in [0, 0.1) is 11.3 Å². The Bertz CT molecular complexity index is 706. The average Bonchev–Trinajstić information content (AvgIpc) is 2.79. The Hall–Kier alpha value is -2.87. The Balaban J connectivity index is 2.26. The Morgan fingerprint density at radius 3 is 3.05 bits per heavy atom. The molecule has 0 aliphatic carbocycles. The van der Waals surface area contributed by atoms with Crippen LogP contribution in [0.1, 0.15) is 12.0 Å². The molecule has 2 rings (SSSR count). The smallest absolute Gasteiger partial charge is 0.254 e. The normalized spacial score (nSPS) is 10.6. The number of hydrogen-bond acceptors (Lipinski definition) is 3. The standard InChI is InChI=1S/C15H14N4O/c1-2-9-19-11-12(10-17-18-15(20)7-8-16)13-5-3-4-6-14(13)19/h2-6,10-11H,1,7,9H2,(H,18,20)/b17-10+. The van der Waals surface area contributed by atoms with Gasteiger partial charge in [-0.05, 0) is 6.07 Å². The van der Waals surface area contributed by atoms with Gasteiger partial charge in [0.1, 0.15) is 6.42 Å². The van der Waals surface area contributed by atoms with Crippen LogP contribution in [0.5, 0.6) is 0 Å². The van der Waals surface area contributed by atoms with Crippen LogP contribution >= 0.6 is 0 Å². The molecule has 0 saturated heterocycles. The molecule has 5 heteroatoms. The second-order valence-corrected chi connectivity index (χ2v) is 4.17. The maximum Gasteiger partial charge on any atom is 0.254 e. The van der Waals surface area contributed by atoms with Gasteiger partial charge < -0.3 is 4.57 Å². The molecule has 0 aliphatic rings. The van der Waals surface area contributed by atoms with Crippen molar-refractivity contribution < 1.29 is 4.79 Å². The van der Waals surface area contributed by atoms with Crippen LogP contribution in [0.25, 0.3) is 10.9 Å². The highest BCUT2D eigenvalue weighted by Gasteiger charge is 2.05. The number of para-hydroxylation sites is 1. The van der Waals surface area contributed by atoms with Crippen molar-refractivity contribution in [1.29, 1.82) is 5.26 Å². The number of rotatable bonds is 5. The maximum atomic E-state index is 11.1. The zero-order valence-corrected chi connectivity index (χ0v) is 10.9. The first-order valence-electron chi connectivity index (χ1n) is 6.14. The van der Waals surface area contributed by atoms with Crippen LogP contribution in [-0.2, 0) is 11.3 Å². The van der Waals surface area contributed by atoms with Crippen LogP contribution in [0.15, 0.2) is 48.2 Å². The molecule has 1 aromatic heterocycles. The van der Waals surface area contributed by atoms with Gasteiger partial charge in [-0.2, -0.15) is 10.4 Å². The maximum absolute atomic E-state index is 11.1. The lowest BCUT2D eigenvalue weighted by atomic mass is 10.2. The summed E-state index contributed by atoms with van der Waals surface area (Å²) in [6.45, 7) is 4.44. The van der Waals surface area contributed by atoms with Crippen molar-refractivity contribution in [2.24, 2.45) is 5.10 Å². The summed E-state index contributed by atoms with van der Waals surface area (Å²) in [6, 6.07) is 9.70. The predicted molar refractivity (Wildman–Crippen MR) is 78.1 cm³/mol. The van der Waals surface area contributed by atoms with Crippen LogP contribution in [-0.4, -0.2) is 16.7 Å². The number of hydrogen-bond donors (Lipinski definition) is 1. The number of carbonyl (C=O) groups excluding carboxylic acids is 1. The molecule has 100 valence electrons. The van der Waals surface area contributed by atoms with Crippen molar-refractivity contribution in [1.82, 2.24) is 9.99 Å². The highest BCUT2D eigenvalue weighted by atomic mass is 16.2. The lowest BCUT2D eigenvalue weighted by Crippen LogP contribution is -2.16. The molecule has 0 bridgehead atoms. The molecule has 0 spiro atoms. The third kappa shape index (κ3) is 2.93. The van der Waals surface area contributed by atoms with Gasteiger partial charge in [0.2, 0.25) is 0 Å². The molecule has 0 unspecified atom stereocenters. The molecule has 20 heavy (non-hydrogen) atoms. The first-order chi connectivity index (χ1) is 9.76. The van der Waals surface area contributed by atoms with E-state index >= 15 is 0 Å². The number of amides is 1. The van der Waals surface area contributed by atoms with Crippen molar-refractivity contribution in [3.05, 3.63) is 48.7 Å². The van der Waals surface area contributed by atoms with E-state index in [4.69, 9.17) is 5.26 Å². The molecular formula is C15H14N4O. The molecular weight excluding hydrogens is 252 g/mol. The fraction of sp³-hybridized carbons (Fsp3) is 0.133. The molecule has 1 N–H and O–H groups in total. The number of fused-ring (bicyclic) bond motifs is 1. The number of hydrazone groups is 1. The van der Waals surface area contributed by atoms with Gasteiger partial charge in [-0.3, -0.25) is 4.79 Å². The second-order valence-electron chi connectivity index (χ2n) is 4.17. The van der Waals surface area contributed by atoms with Gasteiger partial charge in [0.25, 0.3) is 5.91 Å². The summed E-state index contributed by atoms with van der Waals surface area (Å²) in [5.41, 5.74) is 4.30. The Kier molecular flexibility index (Phi) is 4.30. The number of nitriles is 1. The number of benzene rings is 1. The lowest BCUT2D eigenvalue weighted by Gasteiger charge is -1.98. The highest BCUT2D eigenvalue weighted by Crippen LogP contribution is 2.19. The van der Waals surface area contributed by atoms with Crippen molar-refractivity contribution in [2.75, 3.05) is 0 Å². The zero-order valence-electron chi connectivity index (χ0n) is 10.9. The first kappa shape index (κ1) is 13.6. The molecule has 0 fully saturated rings. The van der Waals surface area contributed by atoms with Gasteiger partial charge in [-0.15, -0.1) is 6.58 Å². The van der Waals surface area contributed by atoms with E-state index in [9.17, 15) is 4.79 Å². The van der Waals surface area contributed by atoms with Gasteiger partial charge >= 0.3 is 0 Å². The molecule has 0 saturated carbocycles. The van der Waals surface area contributed by atoms with E-state index in [0.717, 1.165) is 16.5 Å². The van der Waals surface area contributed by atoms with Gasteiger partial charge in [-0.25, -0.2) is 5.43 Å². The van der Waals surface area contributed by atoms with Crippen LogP contribution < -0.4 is 5.43 Å². The fourth-order valence-electron chi connectivity index (χ4n) is 1.95. The molecule has 0 radical (unpaired) electrons. The number of aromatic nitrogens is 1. The van der Waals surface area contributed by atoms with Gasteiger partial charge in [-0.1, -0.05) is 24.3 Å². The quantitative estimate of drug-likeness (QED) is 0.512. The van der Waals surface area contributed by atoms with Crippen LogP contribution in [0.4, 0.5) is 0 Å². The monoisotopic (exact) mass is 266 g/mol. The largest absolute Gasteiger partial charge is 0.343 e. The van der Waals surface area contributed by atoms with E-state index in [2.05, 4.69) is 21.7 Å². The summed E-state index contributed by atoms with van der Waals surface area (Å²) in [7, 11) is 0. The van der Waals surface area contributed by atoms with E-state index in [1.807, 2.05) is 36.5 Å². The topological polar surface area (TPSA) is 70.2 Å². The number of nitrogens with zero attached hydrogens (tertiary/aromatic N) is 3. The minimum absolute atomic E-state index is 0.199. The zero-order chi connectivity index (χ0) is 14.4. The van der Waals surface area contributed by atoms with Crippen LogP contribution in [0.3, 0.4) is 0 Å². The molecule has 2 aromatic rings. The number of nitrogens with one attached hydrogen (secondary N) is 1. The number of carbonyl (C=O) groups is 1. The third-order valence-electron chi connectivity index (χ3n) is 2.78. The van der Waals surface area contributed by atoms with E-state index < -0.39 is 5.91 Å². The Labute approximate surface area is 116 Å². The molecule has 5 nitrogen and oxygen atoms in total. The predicted octanol–water partition coefficient (Wildman–Crippen LogP) is 2.19. The third-order valence-corrected chi connectivity index (χ3v) is 2.78. The van der Waals surface area contributed by atoms with Gasteiger partial charge in [0.05, 0.1) is 12.3 Å². The van der Waals surface area contributed by atoms with Crippen LogP contribution in [0.2, 0.25) is 0 Å². The van der Waals surface area contributed by atoms with Crippen molar-refractivity contribution in [3.8, 4) is 6.07 Å². The summed E-state index contributed by atoms with van der Waals surface area (Å²) in [5.74, 6) is -0.418. The molecule has 0 atom stereocenters. The molecule has 1 aromatic carbocycles. The van der Waals surface area contributed by atoms with Crippen molar-refractivity contribution >= 4 is 23.0 Å². The Morgan fingerprint density at radius 1 is 1.50 bits per heavy atom. The molecule has 0 aliphatic heterocycles. The first-order valence-corrected chi connectivity index (χ1v) is 6.14. The molecule has 1 amide bonds. The van der Waals surface area contributed by atoms with Crippen molar-refractivity contribution in [3.63, 3.8) is 0 Å². The van der Waals surface area contributed by atoms with E-state index in [-0.39, 0.29) is 6.42 Å². The average molecular weight is 266 g/mol. The SMILES string of the molecule is C=CCn1cc(/C=N/NC(=O)CC#N)c2ccccc21. The van der Waals surface area contributed by atoms with Gasteiger partial charge in [0.15, 0.2) is 0 Å². The number of allylic oxidation sites excluding steroid dienone is 1. The summed E-state index contributed by atoms with van der Waals surface area (Å²) in [5, 5.41) is 13.3. The lowest BCUT2D eigenvalue weighted by molar-refractivity contribution is -0.120. The van der Waals surface area contributed by atoms with E-state index in [1.54, 1.807) is 12.3 Å². The van der Waals surface area contributed by atoms with E-state index in [0.29, 0.717) is 6.54 Å². The van der Waals surface area contributed by atoms with Gasteiger partial charge in [0, 0.05) is 29.2 Å². The van der Waals surface area contributed by atoms with E-state index in [1.165, 1.54) is 0 Å². The fourth-order valence-corrected chi connectivity index (χ4v) is 1.95.